The van der Waals surface area contributed by atoms with E-state index < -0.39 is 29.6 Å². The van der Waals surface area contributed by atoms with Crippen LogP contribution in [-0.4, -0.2) is 39.6 Å². The van der Waals surface area contributed by atoms with Gasteiger partial charge in [0.25, 0.3) is 0 Å². The van der Waals surface area contributed by atoms with Crippen molar-refractivity contribution in [3.63, 3.8) is 0 Å². The zero-order valence-electron chi connectivity index (χ0n) is 18.6. The van der Waals surface area contributed by atoms with E-state index in [1.807, 2.05) is 19.2 Å². The Bertz CT molecular complexity index is 1550. The molecule has 7 nitrogen and oxygen atoms in total. The molecule has 2 heterocycles. The Morgan fingerprint density at radius 2 is 1.80 bits per heavy atom. The molecule has 0 bridgehead atoms. The average Bonchev–Trinajstić information content (AvgIpc) is 3.19. The van der Waals surface area contributed by atoms with E-state index in [1.165, 1.54) is 28.8 Å². The molecule has 0 saturated heterocycles. The lowest BCUT2D eigenvalue weighted by atomic mass is 9.97. The molecule has 0 radical (unpaired) electrons. The third-order valence-corrected chi connectivity index (χ3v) is 6.13. The average molecular weight is 478 g/mol. The van der Waals surface area contributed by atoms with E-state index in [9.17, 15) is 24.2 Å². The maximum absolute atomic E-state index is 15.6. The highest BCUT2D eigenvalue weighted by Gasteiger charge is 2.26. The number of rotatable bonds is 5. The first-order chi connectivity index (χ1) is 16.8. The minimum Gasteiger partial charge on any atom is -0.508 e. The maximum atomic E-state index is 15.6. The minimum atomic E-state index is -1.50. The van der Waals surface area contributed by atoms with Crippen LogP contribution in [0.4, 0.5) is 8.78 Å². The van der Waals surface area contributed by atoms with Crippen molar-refractivity contribution in [1.82, 2.24) is 9.47 Å². The quantitative estimate of drug-likeness (QED) is 0.440. The summed E-state index contributed by atoms with van der Waals surface area (Å²) >= 11 is 0. The zero-order chi connectivity index (χ0) is 24.9. The van der Waals surface area contributed by atoms with Gasteiger partial charge < -0.3 is 19.5 Å². The van der Waals surface area contributed by atoms with E-state index in [4.69, 9.17) is 4.74 Å². The second kappa shape index (κ2) is 8.52. The first kappa shape index (κ1) is 22.5. The summed E-state index contributed by atoms with van der Waals surface area (Å²) in [5.74, 6) is -2.60. The highest BCUT2D eigenvalue weighted by molar-refractivity contribution is 5.98. The standard InChI is InChI=1S/C26H20F2N2O5/c1-29-10-15-3-2-14(8-16(15)11-29)22-21(28)9-19-23(25(22)35-13-27)30(12-20(24(19)32)26(33)34)17-4-6-18(31)7-5-17/h2-9,12,31H,10-11,13H2,1H3,(H,33,34). The van der Waals surface area contributed by atoms with Crippen molar-refractivity contribution in [1.29, 1.82) is 0 Å². The summed E-state index contributed by atoms with van der Waals surface area (Å²) in [4.78, 5) is 26.9. The van der Waals surface area contributed by atoms with Gasteiger partial charge >= 0.3 is 5.97 Å². The number of fused-ring (bicyclic) bond motifs is 2. The number of aromatic nitrogens is 1. The predicted octanol–water partition coefficient (Wildman–Crippen LogP) is 4.45. The van der Waals surface area contributed by atoms with E-state index >= 15 is 4.39 Å². The molecule has 0 amide bonds. The second-order valence-electron chi connectivity index (χ2n) is 8.43. The van der Waals surface area contributed by atoms with Crippen LogP contribution in [0.3, 0.4) is 0 Å². The smallest absolute Gasteiger partial charge is 0.341 e. The van der Waals surface area contributed by atoms with Crippen LogP contribution in [0.15, 0.2) is 59.5 Å². The van der Waals surface area contributed by atoms with Crippen molar-refractivity contribution >= 4 is 16.9 Å². The van der Waals surface area contributed by atoms with Crippen LogP contribution in [0.2, 0.25) is 0 Å². The summed E-state index contributed by atoms with van der Waals surface area (Å²) in [6.45, 7) is 0.115. The maximum Gasteiger partial charge on any atom is 0.341 e. The molecule has 0 saturated carbocycles. The van der Waals surface area contributed by atoms with Crippen LogP contribution in [-0.2, 0) is 13.1 Å². The summed E-state index contributed by atoms with van der Waals surface area (Å²) in [6, 6.07) is 12.1. The Morgan fingerprint density at radius 3 is 2.49 bits per heavy atom. The normalized spacial score (nSPS) is 13.2. The Labute approximate surface area is 198 Å². The first-order valence-electron chi connectivity index (χ1n) is 10.7. The molecule has 0 aliphatic carbocycles. The lowest BCUT2D eigenvalue weighted by molar-refractivity contribution is 0.0695. The van der Waals surface area contributed by atoms with Crippen molar-refractivity contribution < 1.29 is 28.5 Å². The lowest BCUT2D eigenvalue weighted by Gasteiger charge is -2.19. The summed E-state index contributed by atoms with van der Waals surface area (Å²) < 4.78 is 35.8. The summed E-state index contributed by atoms with van der Waals surface area (Å²) in [7, 11) is 1.96. The van der Waals surface area contributed by atoms with Crippen LogP contribution >= 0.6 is 0 Å². The molecule has 4 aromatic rings. The van der Waals surface area contributed by atoms with E-state index in [0.717, 1.165) is 29.9 Å². The number of carbonyl (C=O) groups is 1. The molecule has 35 heavy (non-hydrogen) atoms. The van der Waals surface area contributed by atoms with Crippen molar-refractivity contribution in [3.8, 4) is 28.3 Å². The molecule has 9 heteroatoms. The van der Waals surface area contributed by atoms with Crippen molar-refractivity contribution in [2.75, 3.05) is 13.9 Å². The van der Waals surface area contributed by atoms with E-state index in [-0.39, 0.29) is 28.0 Å². The van der Waals surface area contributed by atoms with Gasteiger partial charge in [0.15, 0.2) is 5.75 Å². The first-order valence-corrected chi connectivity index (χ1v) is 10.7. The molecular formula is C26H20F2N2O5. The fourth-order valence-corrected chi connectivity index (χ4v) is 4.58. The molecule has 0 atom stereocenters. The van der Waals surface area contributed by atoms with Crippen LogP contribution < -0.4 is 10.2 Å². The predicted molar refractivity (Wildman–Crippen MR) is 125 cm³/mol. The number of halogens is 2. The van der Waals surface area contributed by atoms with Crippen LogP contribution in [0.25, 0.3) is 27.7 Å². The number of hydrogen-bond donors (Lipinski definition) is 2. The van der Waals surface area contributed by atoms with Crippen molar-refractivity contribution in [2.24, 2.45) is 0 Å². The third kappa shape index (κ3) is 3.79. The Balaban J connectivity index is 1.89. The largest absolute Gasteiger partial charge is 0.508 e. The molecule has 5 rings (SSSR count). The molecule has 3 aromatic carbocycles. The van der Waals surface area contributed by atoms with Gasteiger partial charge in [-0.2, -0.15) is 0 Å². The lowest BCUT2D eigenvalue weighted by Crippen LogP contribution is -2.19. The van der Waals surface area contributed by atoms with Gasteiger partial charge in [0.2, 0.25) is 12.3 Å². The summed E-state index contributed by atoms with van der Waals surface area (Å²) in [5.41, 5.74) is 1.34. The Morgan fingerprint density at radius 1 is 1.09 bits per heavy atom. The third-order valence-electron chi connectivity index (χ3n) is 6.13. The number of carboxylic acids is 1. The van der Waals surface area contributed by atoms with Gasteiger partial charge in [-0.3, -0.25) is 9.69 Å². The van der Waals surface area contributed by atoms with Gasteiger partial charge in [-0.25, -0.2) is 13.6 Å². The van der Waals surface area contributed by atoms with E-state index in [1.54, 1.807) is 6.07 Å². The van der Waals surface area contributed by atoms with Gasteiger partial charge in [-0.1, -0.05) is 12.1 Å². The molecule has 1 aromatic heterocycles. The number of nitrogens with zero attached hydrogens (tertiary/aromatic N) is 2. The highest BCUT2D eigenvalue weighted by Crippen LogP contribution is 2.41. The Hall–Kier alpha value is -4.24. The Kier molecular flexibility index (Phi) is 5.49. The number of phenols is 1. The molecule has 1 aliphatic heterocycles. The zero-order valence-corrected chi connectivity index (χ0v) is 18.6. The second-order valence-corrected chi connectivity index (χ2v) is 8.43. The van der Waals surface area contributed by atoms with Gasteiger partial charge in [0.05, 0.1) is 10.9 Å². The van der Waals surface area contributed by atoms with Gasteiger partial charge in [0, 0.05) is 25.0 Å². The van der Waals surface area contributed by atoms with Gasteiger partial charge in [-0.05, 0) is 60.1 Å². The van der Waals surface area contributed by atoms with Crippen LogP contribution in [0.1, 0.15) is 21.5 Å². The minimum absolute atomic E-state index is 0.0114. The van der Waals surface area contributed by atoms with Gasteiger partial charge in [0.1, 0.15) is 22.6 Å². The number of carboxylic acid groups (broad SMARTS) is 1. The molecule has 0 fully saturated rings. The molecule has 178 valence electrons. The SMILES string of the molecule is CN1Cc2ccc(-c3c(F)cc4c(=O)c(C(=O)O)cn(-c5ccc(O)cc5)c4c3OCF)cc2C1. The highest BCUT2D eigenvalue weighted by atomic mass is 19.1. The number of hydrogen-bond acceptors (Lipinski definition) is 5. The molecular weight excluding hydrogens is 458 g/mol. The van der Waals surface area contributed by atoms with Crippen molar-refractivity contribution in [2.45, 2.75) is 13.1 Å². The number of aromatic carboxylic acids is 1. The van der Waals surface area contributed by atoms with Crippen LogP contribution in [0.5, 0.6) is 11.5 Å². The molecule has 0 unspecified atom stereocenters. The summed E-state index contributed by atoms with van der Waals surface area (Å²) in [6.07, 6.45) is 1.09. The molecule has 2 N–H and O–H groups in total. The number of alkyl halides is 1. The molecule has 0 spiro atoms. The summed E-state index contributed by atoms with van der Waals surface area (Å²) in [5, 5.41) is 19.0. The number of aromatic hydroxyl groups is 1. The number of phenolic OH excluding ortho intramolecular Hbond substituents is 1. The number of benzene rings is 3. The fourth-order valence-electron chi connectivity index (χ4n) is 4.58. The van der Waals surface area contributed by atoms with E-state index in [0.29, 0.717) is 17.8 Å². The number of ether oxygens (including phenoxy) is 1. The fraction of sp³-hybridized carbons (Fsp3) is 0.154. The topological polar surface area (TPSA) is 92.0 Å². The van der Waals surface area contributed by atoms with Gasteiger partial charge in [-0.15, -0.1) is 0 Å². The van der Waals surface area contributed by atoms with E-state index in [2.05, 4.69) is 4.90 Å². The van der Waals surface area contributed by atoms with Crippen molar-refractivity contribution in [3.05, 3.63) is 87.5 Å². The molecule has 1 aliphatic rings. The van der Waals surface area contributed by atoms with Crippen LogP contribution in [0, 0.1) is 5.82 Å². The number of pyridine rings is 1. The monoisotopic (exact) mass is 478 g/mol.